The van der Waals surface area contributed by atoms with Gasteiger partial charge in [0, 0.05) is 6.54 Å². The predicted molar refractivity (Wildman–Crippen MR) is 85.1 cm³/mol. The Labute approximate surface area is 140 Å². The first-order chi connectivity index (χ1) is 11.3. The molecule has 0 saturated carbocycles. The Kier molecular flexibility index (Phi) is 8.34. The predicted octanol–water partition coefficient (Wildman–Crippen LogP) is 0.954. The van der Waals surface area contributed by atoms with E-state index in [1.807, 2.05) is 11.6 Å². The van der Waals surface area contributed by atoms with Crippen molar-refractivity contribution in [1.82, 2.24) is 10.0 Å². The highest BCUT2D eigenvalue weighted by Crippen LogP contribution is 2.09. The molecule has 0 saturated heterocycles. The van der Waals surface area contributed by atoms with Gasteiger partial charge in [-0.25, -0.2) is 12.8 Å². The van der Waals surface area contributed by atoms with Crippen molar-refractivity contribution in [2.45, 2.75) is 31.1 Å². The van der Waals surface area contributed by atoms with E-state index < -0.39 is 40.9 Å². The van der Waals surface area contributed by atoms with Crippen molar-refractivity contribution in [1.29, 1.82) is 0 Å². The quantitative estimate of drug-likeness (QED) is 0.478. The number of unbranched alkanes of at least 4 members (excludes halogenated alkanes) is 2. The molecule has 0 unspecified atom stereocenters. The Morgan fingerprint density at radius 3 is 2.46 bits per heavy atom. The standard InChI is InChI=1S/C15H21FN2O5S/c1-2-3-4-9-17-14(19)11-23-15(20)10-18-24(21,22)13-7-5-12(16)6-8-13/h5-8,18H,2-4,9-11H2,1H3,(H,17,19). The lowest BCUT2D eigenvalue weighted by atomic mass is 10.2. The molecule has 0 fully saturated rings. The second kappa shape index (κ2) is 9.99. The highest BCUT2D eigenvalue weighted by Gasteiger charge is 2.16. The summed E-state index contributed by atoms with van der Waals surface area (Å²) in [5, 5.41) is 2.59. The fraction of sp³-hybridized carbons (Fsp3) is 0.467. The molecule has 0 spiro atoms. The maximum Gasteiger partial charge on any atom is 0.321 e. The summed E-state index contributed by atoms with van der Waals surface area (Å²) >= 11 is 0. The average Bonchev–Trinajstić information content (AvgIpc) is 2.55. The van der Waals surface area contributed by atoms with Crippen molar-refractivity contribution >= 4 is 21.9 Å². The van der Waals surface area contributed by atoms with Crippen LogP contribution in [0.2, 0.25) is 0 Å². The van der Waals surface area contributed by atoms with Gasteiger partial charge < -0.3 is 10.1 Å². The van der Waals surface area contributed by atoms with Crippen LogP contribution < -0.4 is 10.0 Å². The monoisotopic (exact) mass is 360 g/mol. The van der Waals surface area contributed by atoms with E-state index in [1.165, 1.54) is 0 Å². The van der Waals surface area contributed by atoms with E-state index in [9.17, 15) is 22.4 Å². The number of halogens is 1. The van der Waals surface area contributed by atoms with Crippen molar-refractivity contribution in [2.24, 2.45) is 0 Å². The average molecular weight is 360 g/mol. The Hall–Kier alpha value is -2.00. The van der Waals surface area contributed by atoms with Gasteiger partial charge in [-0.1, -0.05) is 19.8 Å². The number of esters is 1. The van der Waals surface area contributed by atoms with Crippen LogP contribution in [-0.2, 0) is 24.3 Å². The zero-order chi connectivity index (χ0) is 18.0. The van der Waals surface area contributed by atoms with Gasteiger partial charge in [-0.3, -0.25) is 9.59 Å². The highest BCUT2D eigenvalue weighted by molar-refractivity contribution is 7.89. The third-order valence-corrected chi connectivity index (χ3v) is 4.41. The lowest BCUT2D eigenvalue weighted by molar-refractivity contribution is -0.147. The minimum Gasteiger partial charge on any atom is -0.455 e. The summed E-state index contributed by atoms with van der Waals surface area (Å²) in [7, 11) is -3.95. The van der Waals surface area contributed by atoms with Crippen LogP contribution in [0.15, 0.2) is 29.2 Å². The van der Waals surface area contributed by atoms with Gasteiger partial charge in [0.2, 0.25) is 10.0 Å². The van der Waals surface area contributed by atoms with Crippen LogP contribution in [0.5, 0.6) is 0 Å². The summed E-state index contributed by atoms with van der Waals surface area (Å²) in [6, 6.07) is 4.14. The van der Waals surface area contributed by atoms with Crippen molar-refractivity contribution in [3.8, 4) is 0 Å². The molecule has 1 aromatic rings. The van der Waals surface area contributed by atoms with Crippen LogP contribution in [0.1, 0.15) is 26.2 Å². The van der Waals surface area contributed by atoms with Crippen LogP contribution in [-0.4, -0.2) is 40.0 Å². The molecule has 0 atom stereocenters. The van der Waals surface area contributed by atoms with E-state index in [1.54, 1.807) is 0 Å². The minimum atomic E-state index is -3.95. The maximum atomic E-state index is 12.8. The molecule has 9 heteroatoms. The number of sulfonamides is 1. The summed E-state index contributed by atoms with van der Waals surface area (Å²) < 4.78 is 43.2. The number of hydrogen-bond donors (Lipinski definition) is 2. The largest absolute Gasteiger partial charge is 0.455 e. The van der Waals surface area contributed by atoms with Gasteiger partial charge >= 0.3 is 5.97 Å². The first kappa shape index (κ1) is 20.0. The maximum absolute atomic E-state index is 12.8. The molecule has 1 aromatic carbocycles. The summed E-state index contributed by atoms with van der Waals surface area (Å²) in [5.41, 5.74) is 0. The van der Waals surface area contributed by atoms with Crippen molar-refractivity contribution < 1.29 is 27.1 Å². The van der Waals surface area contributed by atoms with Crippen LogP contribution >= 0.6 is 0 Å². The second-order valence-electron chi connectivity index (χ2n) is 5.00. The molecule has 7 nitrogen and oxygen atoms in total. The number of carbonyl (C=O) groups is 2. The summed E-state index contributed by atoms with van der Waals surface area (Å²) in [5.74, 6) is -1.90. The normalized spacial score (nSPS) is 11.1. The van der Waals surface area contributed by atoms with Crippen LogP contribution in [0.25, 0.3) is 0 Å². The molecule has 0 aliphatic carbocycles. The lowest BCUT2D eigenvalue weighted by Crippen LogP contribution is -2.34. The second-order valence-corrected chi connectivity index (χ2v) is 6.76. The van der Waals surface area contributed by atoms with Gasteiger partial charge in [0.1, 0.15) is 12.4 Å². The van der Waals surface area contributed by atoms with E-state index >= 15 is 0 Å². The van der Waals surface area contributed by atoms with E-state index in [-0.39, 0.29) is 4.90 Å². The molecule has 1 amide bonds. The van der Waals surface area contributed by atoms with E-state index in [2.05, 4.69) is 10.1 Å². The van der Waals surface area contributed by atoms with Gasteiger partial charge in [0.05, 0.1) is 4.90 Å². The first-order valence-corrected chi connectivity index (χ1v) is 9.01. The highest BCUT2D eigenvalue weighted by atomic mass is 32.2. The molecular weight excluding hydrogens is 339 g/mol. The third kappa shape index (κ3) is 7.51. The Morgan fingerprint density at radius 1 is 1.17 bits per heavy atom. The van der Waals surface area contributed by atoms with Crippen molar-refractivity contribution in [3.63, 3.8) is 0 Å². The third-order valence-electron chi connectivity index (χ3n) is 3.00. The zero-order valence-corrected chi connectivity index (χ0v) is 14.2. The van der Waals surface area contributed by atoms with Crippen molar-refractivity contribution in [2.75, 3.05) is 19.7 Å². The smallest absolute Gasteiger partial charge is 0.321 e. The van der Waals surface area contributed by atoms with E-state index in [0.717, 1.165) is 43.5 Å². The number of benzene rings is 1. The lowest BCUT2D eigenvalue weighted by Gasteiger charge is -2.08. The van der Waals surface area contributed by atoms with Gasteiger partial charge in [0.25, 0.3) is 5.91 Å². The number of ether oxygens (including phenoxy) is 1. The topological polar surface area (TPSA) is 102 Å². The number of hydrogen-bond acceptors (Lipinski definition) is 5. The summed E-state index contributed by atoms with van der Waals surface area (Å²) in [6.45, 7) is 1.45. The Morgan fingerprint density at radius 2 is 1.83 bits per heavy atom. The molecule has 0 aliphatic heterocycles. The Bertz CT molecular complexity index is 646. The fourth-order valence-electron chi connectivity index (χ4n) is 1.70. The molecule has 2 N–H and O–H groups in total. The molecule has 0 aliphatic rings. The number of nitrogens with one attached hydrogen (secondary N) is 2. The Balaban J connectivity index is 2.32. The minimum absolute atomic E-state index is 0.176. The number of amides is 1. The molecule has 0 aromatic heterocycles. The molecule has 0 radical (unpaired) electrons. The molecule has 0 heterocycles. The zero-order valence-electron chi connectivity index (χ0n) is 13.4. The number of rotatable bonds is 10. The van der Waals surface area contributed by atoms with Crippen molar-refractivity contribution in [3.05, 3.63) is 30.1 Å². The van der Waals surface area contributed by atoms with Gasteiger partial charge in [-0.2, -0.15) is 4.72 Å². The molecule has 24 heavy (non-hydrogen) atoms. The van der Waals surface area contributed by atoms with Gasteiger partial charge in [0.15, 0.2) is 6.61 Å². The van der Waals surface area contributed by atoms with Crippen LogP contribution in [0.4, 0.5) is 4.39 Å². The molecule has 1 rings (SSSR count). The SMILES string of the molecule is CCCCCNC(=O)COC(=O)CNS(=O)(=O)c1ccc(F)cc1. The van der Waals surface area contributed by atoms with Crippen LogP contribution in [0.3, 0.4) is 0 Å². The number of carbonyl (C=O) groups excluding carboxylic acids is 2. The van der Waals surface area contributed by atoms with E-state index in [0.29, 0.717) is 6.54 Å². The van der Waals surface area contributed by atoms with Gasteiger partial charge in [-0.15, -0.1) is 0 Å². The molecular formula is C15H21FN2O5S. The van der Waals surface area contributed by atoms with E-state index in [4.69, 9.17) is 0 Å². The fourth-order valence-corrected chi connectivity index (χ4v) is 2.67. The van der Waals surface area contributed by atoms with Crippen LogP contribution in [0, 0.1) is 5.82 Å². The molecule has 134 valence electrons. The molecule has 0 bridgehead atoms. The van der Waals surface area contributed by atoms with Gasteiger partial charge in [-0.05, 0) is 30.7 Å². The first-order valence-electron chi connectivity index (χ1n) is 7.52. The summed E-state index contributed by atoms with van der Waals surface area (Å²) in [4.78, 5) is 22.7. The summed E-state index contributed by atoms with van der Waals surface area (Å²) in [6.07, 6.45) is 2.86.